The quantitative estimate of drug-likeness (QED) is 0.829. The molecule has 1 heteroatoms. The second-order valence-electron chi connectivity index (χ2n) is 5.50. The van der Waals surface area contributed by atoms with Gasteiger partial charge in [0.2, 0.25) is 0 Å². The van der Waals surface area contributed by atoms with E-state index in [9.17, 15) is 5.11 Å². The number of aliphatic hydroxyl groups is 1. The van der Waals surface area contributed by atoms with Crippen LogP contribution in [-0.4, -0.2) is 5.11 Å². The van der Waals surface area contributed by atoms with Crippen molar-refractivity contribution in [2.75, 3.05) is 0 Å². The summed E-state index contributed by atoms with van der Waals surface area (Å²) in [6, 6.07) is 12.5. The fourth-order valence-electron chi connectivity index (χ4n) is 2.41. The van der Waals surface area contributed by atoms with Crippen molar-refractivity contribution in [1.82, 2.24) is 0 Å². The Hall–Kier alpha value is -1.34. The number of rotatable bonds is 4. The second-order valence-corrected chi connectivity index (χ2v) is 5.50. The zero-order valence-electron chi connectivity index (χ0n) is 11.5. The maximum atomic E-state index is 10.4. The van der Waals surface area contributed by atoms with Gasteiger partial charge in [-0.05, 0) is 47.6 Å². The molecule has 0 aliphatic rings. The third-order valence-corrected chi connectivity index (χ3v) is 3.55. The Bertz CT molecular complexity index is 528. The molecular formula is C17H22O. The SMILES string of the molecule is Cc1ccc(C(O)CCC(C)C)c2ccccc12. The van der Waals surface area contributed by atoms with Crippen molar-refractivity contribution in [3.05, 3.63) is 47.5 Å². The minimum Gasteiger partial charge on any atom is -0.388 e. The highest BCUT2D eigenvalue weighted by molar-refractivity contribution is 5.88. The van der Waals surface area contributed by atoms with Crippen LogP contribution in [0.5, 0.6) is 0 Å². The minimum absolute atomic E-state index is 0.349. The standard InChI is InChI=1S/C17H22O/c1-12(2)8-11-17(18)16-10-9-13(3)14-6-4-5-7-15(14)16/h4-7,9-10,12,17-18H,8,11H2,1-3H3. The number of hydrogen-bond acceptors (Lipinski definition) is 1. The van der Waals surface area contributed by atoms with E-state index in [0.717, 1.165) is 18.4 Å². The van der Waals surface area contributed by atoms with Gasteiger partial charge in [0, 0.05) is 0 Å². The lowest BCUT2D eigenvalue weighted by molar-refractivity contribution is 0.160. The van der Waals surface area contributed by atoms with Crippen molar-refractivity contribution in [2.45, 2.75) is 39.7 Å². The zero-order chi connectivity index (χ0) is 13.1. The summed E-state index contributed by atoms with van der Waals surface area (Å²) >= 11 is 0. The first-order valence-corrected chi connectivity index (χ1v) is 6.76. The molecule has 18 heavy (non-hydrogen) atoms. The predicted molar refractivity (Wildman–Crippen MR) is 77.7 cm³/mol. The Morgan fingerprint density at radius 3 is 2.28 bits per heavy atom. The summed E-state index contributed by atoms with van der Waals surface area (Å²) in [7, 11) is 0. The number of aliphatic hydroxyl groups excluding tert-OH is 1. The molecule has 0 bridgehead atoms. The molecular weight excluding hydrogens is 220 g/mol. The fraction of sp³-hybridized carbons (Fsp3) is 0.412. The van der Waals surface area contributed by atoms with Gasteiger partial charge in [-0.1, -0.05) is 50.2 Å². The van der Waals surface area contributed by atoms with Gasteiger partial charge in [-0.2, -0.15) is 0 Å². The first kappa shape index (κ1) is 13.1. The van der Waals surface area contributed by atoms with E-state index in [-0.39, 0.29) is 6.10 Å². The lowest BCUT2D eigenvalue weighted by atomic mass is 9.93. The monoisotopic (exact) mass is 242 g/mol. The molecule has 2 aromatic carbocycles. The summed E-state index contributed by atoms with van der Waals surface area (Å²) in [6.45, 7) is 6.51. The van der Waals surface area contributed by atoms with Gasteiger partial charge in [-0.15, -0.1) is 0 Å². The number of aryl methyl sites for hydroxylation is 1. The molecule has 0 aromatic heterocycles. The summed E-state index contributed by atoms with van der Waals surface area (Å²) in [5.74, 6) is 0.636. The van der Waals surface area contributed by atoms with Gasteiger partial charge in [-0.25, -0.2) is 0 Å². The van der Waals surface area contributed by atoms with E-state index in [1.54, 1.807) is 0 Å². The molecule has 0 aliphatic carbocycles. The first-order valence-electron chi connectivity index (χ1n) is 6.76. The molecule has 1 nitrogen and oxygen atoms in total. The Morgan fingerprint density at radius 2 is 1.61 bits per heavy atom. The molecule has 0 aliphatic heterocycles. The van der Waals surface area contributed by atoms with Gasteiger partial charge in [0.15, 0.2) is 0 Å². The maximum absolute atomic E-state index is 10.4. The number of fused-ring (bicyclic) bond motifs is 1. The van der Waals surface area contributed by atoms with Crippen LogP contribution in [0.1, 0.15) is 43.9 Å². The third kappa shape index (κ3) is 2.73. The Morgan fingerprint density at radius 1 is 0.944 bits per heavy atom. The molecule has 2 aromatic rings. The third-order valence-electron chi connectivity index (χ3n) is 3.55. The lowest BCUT2D eigenvalue weighted by Crippen LogP contribution is -2.01. The van der Waals surface area contributed by atoms with Gasteiger partial charge < -0.3 is 5.11 Å². The first-order chi connectivity index (χ1) is 8.59. The molecule has 0 spiro atoms. The summed E-state index contributed by atoms with van der Waals surface area (Å²) in [6.07, 6.45) is 1.55. The molecule has 0 saturated carbocycles. The van der Waals surface area contributed by atoms with E-state index in [1.165, 1.54) is 16.3 Å². The fourth-order valence-corrected chi connectivity index (χ4v) is 2.41. The molecule has 1 atom stereocenters. The van der Waals surface area contributed by atoms with Gasteiger partial charge in [0.1, 0.15) is 0 Å². The van der Waals surface area contributed by atoms with Crippen LogP contribution in [0.2, 0.25) is 0 Å². The Labute approximate surface area is 109 Å². The van der Waals surface area contributed by atoms with Crippen molar-refractivity contribution < 1.29 is 5.11 Å². The summed E-state index contributed by atoms with van der Waals surface area (Å²) in [5, 5.41) is 12.8. The van der Waals surface area contributed by atoms with Gasteiger partial charge >= 0.3 is 0 Å². The van der Waals surface area contributed by atoms with Crippen LogP contribution in [0, 0.1) is 12.8 Å². The Kier molecular flexibility index (Phi) is 4.03. The molecule has 96 valence electrons. The average Bonchev–Trinajstić information content (AvgIpc) is 2.37. The van der Waals surface area contributed by atoms with Crippen LogP contribution in [0.4, 0.5) is 0 Å². The molecule has 0 saturated heterocycles. The smallest absolute Gasteiger partial charge is 0.0796 e. The highest BCUT2D eigenvalue weighted by atomic mass is 16.3. The normalized spacial score (nSPS) is 13.2. The van der Waals surface area contributed by atoms with Crippen LogP contribution in [-0.2, 0) is 0 Å². The van der Waals surface area contributed by atoms with E-state index in [2.05, 4.69) is 51.1 Å². The average molecular weight is 242 g/mol. The maximum Gasteiger partial charge on any atom is 0.0796 e. The van der Waals surface area contributed by atoms with Crippen molar-refractivity contribution in [1.29, 1.82) is 0 Å². The van der Waals surface area contributed by atoms with E-state index < -0.39 is 0 Å². The van der Waals surface area contributed by atoms with Crippen LogP contribution in [0.25, 0.3) is 10.8 Å². The van der Waals surface area contributed by atoms with Crippen molar-refractivity contribution >= 4 is 10.8 Å². The van der Waals surface area contributed by atoms with E-state index in [4.69, 9.17) is 0 Å². The summed E-state index contributed by atoms with van der Waals surface area (Å²) < 4.78 is 0. The molecule has 1 N–H and O–H groups in total. The largest absolute Gasteiger partial charge is 0.388 e. The highest BCUT2D eigenvalue weighted by Gasteiger charge is 2.12. The molecule has 0 radical (unpaired) electrons. The molecule has 0 amide bonds. The van der Waals surface area contributed by atoms with Gasteiger partial charge in [0.25, 0.3) is 0 Å². The predicted octanol–water partition coefficient (Wildman–Crippen LogP) is 4.62. The van der Waals surface area contributed by atoms with E-state index in [1.807, 2.05) is 6.07 Å². The van der Waals surface area contributed by atoms with E-state index in [0.29, 0.717) is 5.92 Å². The van der Waals surface area contributed by atoms with Gasteiger partial charge in [0.05, 0.1) is 6.10 Å². The Balaban J connectivity index is 2.36. The molecule has 0 fully saturated rings. The van der Waals surface area contributed by atoms with Crippen molar-refractivity contribution in [3.8, 4) is 0 Å². The topological polar surface area (TPSA) is 20.2 Å². The van der Waals surface area contributed by atoms with E-state index >= 15 is 0 Å². The summed E-state index contributed by atoms with van der Waals surface area (Å²) in [4.78, 5) is 0. The number of hydrogen-bond donors (Lipinski definition) is 1. The van der Waals surface area contributed by atoms with Crippen molar-refractivity contribution in [3.63, 3.8) is 0 Å². The highest BCUT2D eigenvalue weighted by Crippen LogP contribution is 2.29. The molecule has 0 heterocycles. The van der Waals surface area contributed by atoms with Crippen LogP contribution in [0.3, 0.4) is 0 Å². The second kappa shape index (κ2) is 5.53. The molecule has 1 unspecified atom stereocenters. The van der Waals surface area contributed by atoms with Crippen LogP contribution >= 0.6 is 0 Å². The number of benzene rings is 2. The van der Waals surface area contributed by atoms with Crippen molar-refractivity contribution in [2.24, 2.45) is 5.92 Å². The minimum atomic E-state index is -0.349. The summed E-state index contributed by atoms with van der Waals surface area (Å²) in [5.41, 5.74) is 2.34. The van der Waals surface area contributed by atoms with Gasteiger partial charge in [-0.3, -0.25) is 0 Å². The lowest BCUT2D eigenvalue weighted by Gasteiger charge is -2.16. The zero-order valence-corrected chi connectivity index (χ0v) is 11.5. The molecule has 2 rings (SSSR count). The van der Waals surface area contributed by atoms with Crippen LogP contribution in [0.15, 0.2) is 36.4 Å². The van der Waals surface area contributed by atoms with Crippen LogP contribution < -0.4 is 0 Å².